The molecule has 0 saturated carbocycles. The summed E-state index contributed by atoms with van der Waals surface area (Å²) in [5, 5.41) is 11.5. The van der Waals surface area contributed by atoms with E-state index >= 15 is 0 Å². The van der Waals surface area contributed by atoms with Gasteiger partial charge in [0.15, 0.2) is 0 Å². The van der Waals surface area contributed by atoms with Gasteiger partial charge in [0, 0.05) is 13.0 Å². The van der Waals surface area contributed by atoms with Gasteiger partial charge < -0.3 is 10.4 Å². The summed E-state index contributed by atoms with van der Waals surface area (Å²) in [7, 11) is 0. The van der Waals surface area contributed by atoms with Crippen molar-refractivity contribution in [2.45, 2.75) is 84.5 Å². The molecular formula is C17H33NO3. The number of nitrogens with one attached hydrogen (secondary N) is 1. The third kappa shape index (κ3) is 13.7. The highest BCUT2D eigenvalue weighted by Crippen LogP contribution is 2.10. The number of unbranched alkanes of at least 4 members (excludes halogenated alkanes) is 8. The molecular weight excluding hydrogens is 266 g/mol. The van der Waals surface area contributed by atoms with Crippen LogP contribution in [0.5, 0.6) is 0 Å². The van der Waals surface area contributed by atoms with Crippen LogP contribution in [-0.2, 0) is 9.59 Å². The molecule has 0 saturated heterocycles. The van der Waals surface area contributed by atoms with Crippen LogP contribution < -0.4 is 5.32 Å². The summed E-state index contributed by atoms with van der Waals surface area (Å²) in [6.07, 6.45) is 12.3. The van der Waals surface area contributed by atoms with Crippen molar-refractivity contribution in [3.8, 4) is 0 Å². The molecule has 0 aliphatic heterocycles. The minimum Gasteiger partial charge on any atom is -0.481 e. The summed E-state index contributed by atoms with van der Waals surface area (Å²) < 4.78 is 0. The quantitative estimate of drug-likeness (QED) is 0.474. The second-order valence-corrected chi connectivity index (χ2v) is 5.96. The van der Waals surface area contributed by atoms with Crippen molar-refractivity contribution in [3.05, 3.63) is 0 Å². The molecule has 0 heterocycles. The number of amides is 1. The van der Waals surface area contributed by atoms with Gasteiger partial charge in [0.05, 0.1) is 5.92 Å². The fourth-order valence-corrected chi connectivity index (χ4v) is 2.24. The second kappa shape index (κ2) is 13.9. The number of hydrogen-bond acceptors (Lipinski definition) is 2. The summed E-state index contributed by atoms with van der Waals surface area (Å²) in [5.74, 6) is -1.14. The van der Waals surface area contributed by atoms with E-state index in [1.165, 1.54) is 44.9 Å². The van der Waals surface area contributed by atoms with Crippen molar-refractivity contribution in [2.75, 3.05) is 6.54 Å². The number of rotatable bonds is 14. The van der Waals surface area contributed by atoms with E-state index < -0.39 is 11.9 Å². The molecule has 0 bridgehead atoms. The zero-order valence-corrected chi connectivity index (χ0v) is 13.8. The van der Waals surface area contributed by atoms with E-state index in [4.69, 9.17) is 5.11 Å². The predicted octanol–water partition coefficient (Wildman–Crippen LogP) is 4.13. The molecule has 0 radical (unpaired) electrons. The average Bonchev–Trinajstić information content (AvgIpc) is 2.45. The first-order valence-electron chi connectivity index (χ1n) is 8.57. The SMILES string of the molecule is CCCCCCCCCCCC(=O)NCCC(C)C(=O)O. The Morgan fingerprint density at radius 2 is 1.48 bits per heavy atom. The first-order valence-corrected chi connectivity index (χ1v) is 8.57. The molecule has 21 heavy (non-hydrogen) atoms. The van der Waals surface area contributed by atoms with Gasteiger partial charge in [-0.15, -0.1) is 0 Å². The van der Waals surface area contributed by atoms with Crippen molar-refractivity contribution in [2.24, 2.45) is 5.92 Å². The lowest BCUT2D eigenvalue weighted by Crippen LogP contribution is -2.26. The van der Waals surface area contributed by atoms with Crippen LogP contribution in [0.25, 0.3) is 0 Å². The highest BCUT2D eigenvalue weighted by Gasteiger charge is 2.10. The molecule has 0 aliphatic rings. The number of aliphatic carboxylic acids is 1. The Morgan fingerprint density at radius 1 is 0.952 bits per heavy atom. The lowest BCUT2D eigenvalue weighted by Gasteiger charge is -2.07. The van der Waals surface area contributed by atoms with E-state index in [9.17, 15) is 9.59 Å². The summed E-state index contributed by atoms with van der Waals surface area (Å²) in [6, 6.07) is 0. The molecule has 4 heteroatoms. The number of hydrogen-bond donors (Lipinski definition) is 2. The fourth-order valence-electron chi connectivity index (χ4n) is 2.24. The molecule has 0 fully saturated rings. The Labute approximate surface area is 129 Å². The zero-order valence-electron chi connectivity index (χ0n) is 13.8. The van der Waals surface area contributed by atoms with Crippen LogP contribution in [0.2, 0.25) is 0 Å². The van der Waals surface area contributed by atoms with Gasteiger partial charge in [-0.05, 0) is 12.8 Å². The maximum atomic E-state index is 11.5. The van der Waals surface area contributed by atoms with E-state index in [1.807, 2.05) is 0 Å². The van der Waals surface area contributed by atoms with Crippen molar-refractivity contribution in [1.29, 1.82) is 0 Å². The number of carbonyl (C=O) groups excluding carboxylic acids is 1. The summed E-state index contributed by atoms with van der Waals surface area (Å²) >= 11 is 0. The maximum absolute atomic E-state index is 11.5. The Morgan fingerprint density at radius 3 is 2.00 bits per heavy atom. The monoisotopic (exact) mass is 299 g/mol. The Bertz CT molecular complexity index is 279. The van der Waals surface area contributed by atoms with Crippen molar-refractivity contribution in [3.63, 3.8) is 0 Å². The smallest absolute Gasteiger partial charge is 0.306 e. The number of carboxylic acid groups (broad SMARTS) is 1. The Hall–Kier alpha value is -1.06. The van der Waals surface area contributed by atoms with Gasteiger partial charge in [-0.25, -0.2) is 0 Å². The molecule has 1 amide bonds. The third-order valence-corrected chi connectivity index (χ3v) is 3.83. The molecule has 2 N–H and O–H groups in total. The van der Waals surface area contributed by atoms with Gasteiger partial charge in [0.1, 0.15) is 0 Å². The lowest BCUT2D eigenvalue weighted by molar-refractivity contribution is -0.141. The predicted molar refractivity (Wildman–Crippen MR) is 86.3 cm³/mol. The fraction of sp³-hybridized carbons (Fsp3) is 0.882. The highest BCUT2D eigenvalue weighted by molar-refractivity contribution is 5.76. The lowest BCUT2D eigenvalue weighted by atomic mass is 10.1. The van der Waals surface area contributed by atoms with E-state index in [-0.39, 0.29) is 5.91 Å². The molecule has 0 spiro atoms. The van der Waals surface area contributed by atoms with E-state index in [0.717, 1.165) is 12.8 Å². The summed E-state index contributed by atoms with van der Waals surface area (Å²) in [5.41, 5.74) is 0. The van der Waals surface area contributed by atoms with Gasteiger partial charge in [-0.1, -0.05) is 65.2 Å². The minimum absolute atomic E-state index is 0.0514. The molecule has 0 aromatic rings. The van der Waals surface area contributed by atoms with Crippen LogP contribution in [0.3, 0.4) is 0 Å². The van der Waals surface area contributed by atoms with Gasteiger partial charge in [0.25, 0.3) is 0 Å². The zero-order chi connectivity index (χ0) is 15.9. The number of carboxylic acids is 1. The molecule has 0 aromatic carbocycles. The van der Waals surface area contributed by atoms with Crippen molar-refractivity contribution >= 4 is 11.9 Å². The van der Waals surface area contributed by atoms with Gasteiger partial charge in [-0.2, -0.15) is 0 Å². The molecule has 4 nitrogen and oxygen atoms in total. The van der Waals surface area contributed by atoms with Crippen LogP contribution in [-0.4, -0.2) is 23.5 Å². The first kappa shape index (κ1) is 19.9. The average molecular weight is 299 g/mol. The highest BCUT2D eigenvalue weighted by atomic mass is 16.4. The Kier molecular flexibility index (Phi) is 13.2. The van der Waals surface area contributed by atoms with Crippen LogP contribution in [0, 0.1) is 5.92 Å². The van der Waals surface area contributed by atoms with E-state index in [0.29, 0.717) is 19.4 Å². The minimum atomic E-state index is -0.803. The van der Waals surface area contributed by atoms with Gasteiger partial charge in [-0.3, -0.25) is 9.59 Å². The normalized spacial score (nSPS) is 12.1. The van der Waals surface area contributed by atoms with Crippen LogP contribution in [0.15, 0.2) is 0 Å². The number of carbonyl (C=O) groups is 2. The third-order valence-electron chi connectivity index (χ3n) is 3.83. The van der Waals surface area contributed by atoms with Crippen LogP contribution in [0.4, 0.5) is 0 Å². The molecule has 1 atom stereocenters. The van der Waals surface area contributed by atoms with E-state index in [2.05, 4.69) is 12.2 Å². The van der Waals surface area contributed by atoms with Crippen LogP contribution in [0.1, 0.15) is 84.5 Å². The summed E-state index contributed by atoms with van der Waals surface area (Å²) in [6.45, 7) is 4.35. The molecule has 0 aliphatic carbocycles. The molecule has 1 unspecified atom stereocenters. The largest absolute Gasteiger partial charge is 0.481 e. The van der Waals surface area contributed by atoms with Gasteiger partial charge >= 0.3 is 5.97 Å². The van der Waals surface area contributed by atoms with E-state index in [1.54, 1.807) is 6.92 Å². The molecule has 0 rings (SSSR count). The Balaban J connectivity index is 3.28. The standard InChI is InChI=1S/C17H33NO3/c1-3-4-5-6-7-8-9-10-11-12-16(19)18-14-13-15(2)17(20)21/h15H,3-14H2,1-2H3,(H,18,19)(H,20,21). The van der Waals surface area contributed by atoms with Crippen LogP contribution >= 0.6 is 0 Å². The first-order chi connectivity index (χ1) is 10.1. The summed E-state index contributed by atoms with van der Waals surface area (Å²) in [4.78, 5) is 22.2. The van der Waals surface area contributed by atoms with Gasteiger partial charge in [0.2, 0.25) is 5.91 Å². The molecule has 124 valence electrons. The topological polar surface area (TPSA) is 66.4 Å². The maximum Gasteiger partial charge on any atom is 0.306 e. The van der Waals surface area contributed by atoms with Crippen molar-refractivity contribution < 1.29 is 14.7 Å². The van der Waals surface area contributed by atoms with Crippen molar-refractivity contribution in [1.82, 2.24) is 5.32 Å². The molecule has 0 aromatic heterocycles. The second-order valence-electron chi connectivity index (χ2n) is 5.96.